The first-order valence-electron chi connectivity index (χ1n) is 4.02. The lowest BCUT2D eigenvalue weighted by molar-refractivity contribution is 0.798. The van der Waals surface area contributed by atoms with Crippen molar-refractivity contribution in [1.29, 1.82) is 0 Å². The van der Waals surface area contributed by atoms with E-state index in [4.69, 9.17) is 5.73 Å². The van der Waals surface area contributed by atoms with Crippen LogP contribution in [0.25, 0.3) is 0 Å². The Balaban J connectivity index is 2.68. The lowest BCUT2D eigenvalue weighted by Crippen LogP contribution is -2.25. The van der Waals surface area contributed by atoms with E-state index in [1.807, 2.05) is 37.4 Å². The van der Waals surface area contributed by atoms with Crippen molar-refractivity contribution in [2.24, 2.45) is 5.73 Å². The van der Waals surface area contributed by atoms with Gasteiger partial charge >= 0.3 is 0 Å². The Kier molecular flexibility index (Phi) is 3.20. The molecule has 3 N–H and O–H groups in total. The Labute approximate surface area is 73.1 Å². The van der Waals surface area contributed by atoms with Crippen LogP contribution >= 0.6 is 0 Å². The first-order valence-corrected chi connectivity index (χ1v) is 4.02. The number of dihydropyridines is 1. The van der Waals surface area contributed by atoms with Crippen LogP contribution in [0, 0.1) is 0 Å². The van der Waals surface area contributed by atoms with E-state index in [-0.39, 0.29) is 6.04 Å². The zero-order valence-electron chi connectivity index (χ0n) is 7.20. The lowest BCUT2D eigenvalue weighted by atomic mass is 10.1. The lowest BCUT2D eigenvalue weighted by Gasteiger charge is -2.16. The van der Waals surface area contributed by atoms with Crippen molar-refractivity contribution in [2.75, 3.05) is 0 Å². The molecule has 0 saturated heterocycles. The minimum atomic E-state index is 0.219. The molecule has 1 rings (SSSR count). The Morgan fingerprint density at radius 3 is 2.83 bits per heavy atom. The molecule has 0 radical (unpaired) electrons. The summed E-state index contributed by atoms with van der Waals surface area (Å²) in [6, 6.07) is 0.219. The molecule has 0 saturated carbocycles. The molecule has 64 valence electrons. The summed E-state index contributed by atoms with van der Waals surface area (Å²) in [6.45, 7) is 1.98. The normalized spacial score (nSPS) is 23.1. The van der Waals surface area contributed by atoms with Crippen LogP contribution in [0.1, 0.15) is 6.92 Å². The maximum atomic E-state index is 5.48. The van der Waals surface area contributed by atoms with Crippen LogP contribution in [-0.2, 0) is 0 Å². The third-order valence-corrected chi connectivity index (χ3v) is 1.70. The maximum absolute atomic E-state index is 5.48. The van der Waals surface area contributed by atoms with E-state index in [2.05, 4.69) is 11.4 Å². The van der Waals surface area contributed by atoms with E-state index >= 15 is 0 Å². The fourth-order valence-electron chi connectivity index (χ4n) is 1.11. The van der Waals surface area contributed by atoms with Gasteiger partial charge in [-0.1, -0.05) is 24.3 Å². The van der Waals surface area contributed by atoms with Crippen molar-refractivity contribution in [3.05, 3.63) is 48.4 Å². The SMILES string of the molecule is C/C=C\C(=C/N)C1C=CC=CN1. The van der Waals surface area contributed by atoms with Crippen molar-refractivity contribution in [3.8, 4) is 0 Å². The quantitative estimate of drug-likeness (QED) is 0.603. The Bertz CT molecular complexity index is 247. The van der Waals surface area contributed by atoms with Crippen molar-refractivity contribution in [3.63, 3.8) is 0 Å². The van der Waals surface area contributed by atoms with Crippen LogP contribution in [0.4, 0.5) is 0 Å². The molecule has 0 aliphatic carbocycles. The fourth-order valence-corrected chi connectivity index (χ4v) is 1.11. The van der Waals surface area contributed by atoms with E-state index in [0.29, 0.717) is 0 Å². The third-order valence-electron chi connectivity index (χ3n) is 1.70. The van der Waals surface area contributed by atoms with Crippen molar-refractivity contribution < 1.29 is 0 Å². The molecular weight excluding hydrogens is 148 g/mol. The Morgan fingerprint density at radius 2 is 2.33 bits per heavy atom. The monoisotopic (exact) mass is 162 g/mol. The van der Waals surface area contributed by atoms with Gasteiger partial charge < -0.3 is 11.1 Å². The highest BCUT2D eigenvalue weighted by Crippen LogP contribution is 2.07. The summed E-state index contributed by atoms with van der Waals surface area (Å²) in [6.07, 6.45) is 13.6. The van der Waals surface area contributed by atoms with E-state index in [0.717, 1.165) is 5.57 Å². The highest BCUT2D eigenvalue weighted by atomic mass is 14.9. The summed E-state index contributed by atoms with van der Waals surface area (Å²) in [5, 5.41) is 3.19. The van der Waals surface area contributed by atoms with E-state index in [1.165, 1.54) is 0 Å². The molecule has 1 aliphatic heterocycles. The van der Waals surface area contributed by atoms with Crippen LogP contribution < -0.4 is 11.1 Å². The number of nitrogens with one attached hydrogen (secondary N) is 1. The second-order valence-corrected chi connectivity index (χ2v) is 2.56. The summed E-state index contributed by atoms with van der Waals surface area (Å²) in [5.41, 5.74) is 6.56. The summed E-state index contributed by atoms with van der Waals surface area (Å²) in [5.74, 6) is 0. The second kappa shape index (κ2) is 4.44. The summed E-state index contributed by atoms with van der Waals surface area (Å²) in [4.78, 5) is 0. The molecule has 2 nitrogen and oxygen atoms in total. The molecule has 0 spiro atoms. The molecule has 2 heteroatoms. The largest absolute Gasteiger partial charge is 0.404 e. The van der Waals surface area contributed by atoms with Crippen LogP contribution in [0.2, 0.25) is 0 Å². The van der Waals surface area contributed by atoms with Gasteiger partial charge in [0.05, 0.1) is 6.04 Å². The molecule has 0 bridgehead atoms. The average Bonchev–Trinajstić information content (AvgIpc) is 2.15. The van der Waals surface area contributed by atoms with Gasteiger partial charge in [0.2, 0.25) is 0 Å². The highest BCUT2D eigenvalue weighted by Gasteiger charge is 2.06. The minimum Gasteiger partial charge on any atom is -0.404 e. The van der Waals surface area contributed by atoms with Crippen LogP contribution in [0.15, 0.2) is 48.4 Å². The van der Waals surface area contributed by atoms with E-state index < -0.39 is 0 Å². The average molecular weight is 162 g/mol. The van der Waals surface area contributed by atoms with Gasteiger partial charge in [0.25, 0.3) is 0 Å². The molecule has 0 amide bonds. The van der Waals surface area contributed by atoms with Crippen LogP contribution in [0.3, 0.4) is 0 Å². The molecular formula is C10H14N2. The molecule has 1 atom stereocenters. The number of hydrogen-bond donors (Lipinski definition) is 2. The smallest absolute Gasteiger partial charge is 0.0709 e. The summed E-state index contributed by atoms with van der Waals surface area (Å²) in [7, 11) is 0. The van der Waals surface area contributed by atoms with Gasteiger partial charge in [-0.25, -0.2) is 0 Å². The van der Waals surface area contributed by atoms with Crippen molar-refractivity contribution in [1.82, 2.24) is 5.32 Å². The molecule has 0 aromatic rings. The summed E-state index contributed by atoms with van der Waals surface area (Å²) >= 11 is 0. The van der Waals surface area contributed by atoms with Crippen LogP contribution in [-0.4, -0.2) is 6.04 Å². The molecule has 1 aliphatic rings. The van der Waals surface area contributed by atoms with Crippen molar-refractivity contribution >= 4 is 0 Å². The van der Waals surface area contributed by atoms with Gasteiger partial charge in [0.1, 0.15) is 0 Å². The number of allylic oxidation sites excluding steroid dienone is 3. The minimum absolute atomic E-state index is 0.219. The van der Waals surface area contributed by atoms with Gasteiger partial charge in [-0.2, -0.15) is 0 Å². The van der Waals surface area contributed by atoms with Crippen molar-refractivity contribution in [2.45, 2.75) is 13.0 Å². The molecule has 0 fully saturated rings. The zero-order valence-corrected chi connectivity index (χ0v) is 7.20. The molecule has 1 heterocycles. The maximum Gasteiger partial charge on any atom is 0.0709 e. The van der Waals surface area contributed by atoms with Gasteiger partial charge in [0, 0.05) is 0 Å². The third kappa shape index (κ3) is 2.02. The van der Waals surface area contributed by atoms with E-state index in [1.54, 1.807) is 6.20 Å². The number of nitrogens with two attached hydrogens (primary N) is 1. The number of hydrogen-bond acceptors (Lipinski definition) is 2. The number of rotatable bonds is 2. The molecule has 0 aromatic carbocycles. The van der Waals surface area contributed by atoms with Gasteiger partial charge in [-0.3, -0.25) is 0 Å². The van der Waals surface area contributed by atoms with Gasteiger partial charge in [-0.15, -0.1) is 0 Å². The predicted octanol–water partition coefficient (Wildman–Crippen LogP) is 1.45. The van der Waals surface area contributed by atoms with Gasteiger partial charge in [0.15, 0.2) is 0 Å². The summed E-state index contributed by atoms with van der Waals surface area (Å²) < 4.78 is 0. The standard InChI is InChI=1S/C10H14N2/c1-2-5-9(8-11)10-6-3-4-7-12-10/h2-8,10,12H,11H2,1H3/b5-2-,9-8+. The molecule has 1 unspecified atom stereocenters. The molecule has 0 aromatic heterocycles. The van der Waals surface area contributed by atoms with Crippen LogP contribution in [0.5, 0.6) is 0 Å². The Hall–Kier alpha value is -1.44. The highest BCUT2D eigenvalue weighted by molar-refractivity contribution is 5.31. The first-order chi connectivity index (χ1) is 5.88. The van der Waals surface area contributed by atoms with Gasteiger partial charge in [-0.05, 0) is 31.0 Å². The predicted molar refractivity (Wildman–Crippen MR) is 52.3 cm³/mol. The first kappa shape index (κ1) is 8.65. The van der Waals surface area contributed by atoms with E-state index in [9.17, 15) is 0 Å². The fraction of sp³-hybridized carbons (Fsp3) is 0.200. The second-order valence-electron chi connectivity index (χ2n) is 2.56. The molecule has 12 heavy (non-hydrogen) atoms. The Morgan fingerprint density at radius 1 is 1.50 bits per heavy atom. The zero-order chi connectivity index (χ0) is 8.81. The topological polar surface area (TPSA) is 38.0 Å².